The maximum absolute atomic E-state index is 0. The van der Waals surface area contributed by atoms with Crippen LogP contribution in [0.2, 0.25) is 0 Å². The van der Waals surface area contributed by atoms with Crippen molar-refractivity contribution in [3.05, 3.63) is 0 Å². The Labute approximate surface area is 78.9 Å². The van der Waals surface area contributed by atoms with Crippen LogP contribution in [0.5, 0.6) is 0 Å². The molecule has 0 saturated heterocycles. The summed E-state index contributed by atoms with van der Waals surface area (Å²) in [7, 11) is 0. The van der Waals surface area contributed by atoms with Gasteiger partial charge in [0.05, 0.1) is 0 Å². The van der Waals surface area contributed by atoms with E-state index in [0.717, 1.165) is 0 Å². The van der Waals surface area contributed by atoms with E-state index in [9.17, 15) is 0 Å². The van der Waals surface area contributed by atoms with Gasteiger partial charge in [-0.3, -0.25) is 0 Å². The first-order chi connectivity index (χ1) is 0. The second kappa shape index (κ2) is 34.1. The summed E-state index contributed by atoms with van der Waals surface area (Å²) in [6.45, 7) is 0. The molecule has 0 aromatic heterocycles. The van der Waals surface area contributed by atoms with Crippen LogP contribution in [-0.4, -0.2) is 0 Å². The van der Waals surface area contributed by atoms with Crippen molar-refractivity contribution in [3.8, 4) is 0 Å². The average Bonchev–Trinajstić information content (AvgIpc) is 0. The molecule has 0 saturated carbocycles. The number of hydrogen-bond acceptors (Lipinski definition) is 0. The van der Waals surface area contributed by atoms with Crippen LogP contribution in [0, 0.1) is 0 Å². The number of hydrogen-bond donors (Lipinski definition) is 0. The van der Waals surface area contributed by atoms with E-state index in [4.69, 9.17) is 0 Å². The van der Waals surface area contributed by atoms with E-state index in [1.807, 2.05) is 0 Å². The minimum Gasteiger partial charge on any atom is -0.0776 e. The molecule has 0 bridgehead atoms. The summed E-state index contributed by atoms with van der Waals surface area (Å²) in [4.78, 5) is 0. The van der Waals surface area contributed by atoms with Gasteiger partial charge >= 0.3 is 0 Å². The molecule has 0 heterocycles. The first-order valence-electron chi connectivity index (χ1n) is 0. The van der Waals surface area contributed by atoms with E-state index in [1.165, 1.54) is 0 Å². The van der Waals surface area contributed by atoms with E-state index in [-0.39, 0.29) is 79.7 Å². The molecule has 0 aliphatic carbocycles. The number of rotatable bonds is 0. The van der Waals surface area contributed by atoms with Crippen molar-refractivity contribution >= 4 is 0 Å². The molecule has 5 heavy (non-hydrogen) atoms. The predicted molar refractivity (Wildman–Crippen MR) is 6.73 cm³/mol. The Morgan fingerprint density at radius 3 is 1.00 bits per heavy atom. The van der Waals surface area contributed by atoms with Crippen molar-refractivity contribution in [1.29, 1.82) is 0 Å². The molecule has 0 fully saturated rings. The summed E-state index contributed by atoms with van der Waals surface area (Å²) in [5, 5.41) is 0. The fourth-order valence-electron chi connectivity index (χ4n) is 0. The molecule has 0 aliphatic rings. The third-order valence-corrected chi connectivity index (χ3v) is 0. The third-order valence-electron chi connectivity index (χ3n) is 0. The van der Waals surface area contributed by atoms with Crippen molar-refractivity contribution in [1.82, 2.24) is 0 Å². The van der Waals surface area contributed by atoms with Gasteiger partial charge in [-0.15, -0.1) is 0 Å². The van der Waals surface area contributed by atoms with Crippen LogP contribution in [0.25, 0.3) is 0 Å². The van der Waals surface area contributed by atoms with Gasteiger partial charge in [0, 0.05) is 72.3 Å². The van der Waals surface area contributed by atoms with Gasteiger partial charge in [0.25, 0.3) is 0 Å². The minimum atomic E-state index is 0. The summed E-state index contributed by atoms with van der Waals surface area (Å²) in [5.41, 5.74) is 0. The fraction of sp³-hybridized carbons (Fsp3) is 1.00. The molecule has 37 valence electrons. The zero-order chi connectivity index (χ0) is 0. The molecule has 0 nitrogen and oxygen atoms in total. The van der Waals surface area contributed by atoms with Crippen molar-refractivity contribution in [3.63, 3.8) is 0 Å². The maximum Gasteiger partial charge on any atom is 0 e. The van der Waals surface area contributed by atoms with E-state index in [2.05, 4.69) is 0 Å². The van der Waals surface area contributed by atoms with Gasteiger partial charge in [0.15, 0.2) is 0 Å². The van der Waals surface area contributed by atoms with Crippen LogP contribution in [0.1, 0.15) is 7.43 Å². The quantitative estimate of drug-likeness (QED) is 0.552. The van der Waals surface area contributed by atoms with Crippen molar-refractivity contribution < 1.29 is 72.3 Å². The summed E-state index contributed by atoms with van der Waals surface area (Å²) < 4.78 is 0. The molecule has 0 unspecified atom stereocenters. The Bertz CT molecular complexity index is 11.6. The predicted octanol–water partition coefficient (Wildman–Crippen LogP) is 0.626. The standard InChI is InChI=1S/CH4.Co.Cr.Fe.W/h1H4;;;;. The average molecular weight is 367 g/mol. The van der Waals surface area contributed by atoms with Gasteiger partial charge in [-0.1, -0.05) is 7.43 Å². The largest absolute Gasteiger partial charge is 0.0776 e. The van der Waals surface area contributed by atoms with Crippen LogP contribution in [0.4, 0.5) is 0 Å². The third kappa shape index (κ3) is 22.3. The molecular formula is CH4CoCrFeW. The van der Waals surface area contributed by atoms with Crippen LogP contribution in [0.15, 0.2) is 0 Å². The molecule has 0 N–H and O–H groups in total. The normalized spacial score (nSPS) is 0. The summed E-state index contributed by atoms with van der Waals surface area (Å²) >= 11 is 0. The molecule has 0 spiro atoms. The SMILES string of the molecule is C.[Co].[Cr].[Fe].[W]. The second-order valence-corrected chi connectivity index (χ2v) is 0. The summed E-state index contributed by atoms with van der Waals surface area (Å²) in [6, 6.07) is 0. The zero-order valence-electron chi connectivity index (χ0n) is 1.50. The Morgan fingerprint density at radius 2 is 1.00 bits per heavy atom. The van der Waals surface area contributed by atoms with Gasteiger partial charge in [0.1, 0.15) is 0 Å². The van der Waals surface area contributed by atoms with Crippen molar-refractivity contribution in [2.24, 2.45) is 0 Å². The Hall–Kier alpha value is 2.25. The molecule has 0 rings (SSSR count). The van der Waals surface area contributed by atoms with Crippen molar-refractivity contribution in [2.75, 3.05) is 0 Å². The van der Waals surface area contributed by atoms with Gasteiger partial charge in [0.2, 0.25) is 0 Å². The molecule has 4 heteroatoms. The van der Waals surface area contributed by atoms with E-state index in [0.29, 0.717) is 0 Å². The van der Waals surface area contributed by atoms with Gasteiger partial charge < -0.3 is 0 Å². The molecule has 0 amide bonds. The topological polar surface area (TPSA) is 0 Å². The first kappa shape index (κ1) is 56.0. The van der Waals surface area contributed by atoms with Crippen LogP contribution in [-0.2, 0) is 72.3 Å². The second-order valence-electron chi connectivity index (χ2n) is 0. The van der Waals surface area contributed by atoms with E-state index < -0.39 is 0 Å². The molecule has 0 aromatic rings. The summed E-state index contributed by atoms with van der Waals surface area (Å²) in [6.07, 6.45) is 0. The van der Waals surface area contributed by atoms with E-state index >= 15 is 0 Å². The van der Waals surface area contributed by atoms with Gasteiger partial charge in [-0.25, -0.2) is 0 Å². The van der Waals surface area contributed by atoms with Crippen LogP contribution < -0.4 is 0 Å². The Morgan fingerprint density at radius 1 is 1.00 bits per heavy atom. The van der Waals surface area contributed by atoms with Crippen LogP contribution in [0.3, 0.4) is 0 Å². The molecule has 0 aromatic carbocycles. The van der Waals surface area contributed by atoms with Gasteiger partial charge in [-0.2, -0.15) is 0 Å². The smallest absolute Gasteiger partial charge is 0 e. The Balaban J connectivity index is 0. The Kier molecular flexibility index (Phi) is 382. The molecule has 1 radical (unpaired) electrons. The fourth-order valence-corrected chi connectivity index (χ4v) is 0. The maximum atomic E-state index is 0. The monoisotopic (exact) mass is 367 g/mol. The van der Waals surface area contributed by atoms with Gasteiger partial charge in [-0.05, 0) is 0 Å². The van der Waals surface area contributed by atoms with Crippen molar-refractivity contribution in [2.45, 2.75) is 7.43 Å². The summed E-state index contributed by atoms with van der Waals surface area (Å²) in [5.74, 6) is 0. The van der Waals surface area contributed by atoms with E-state index in [1.54, 1.807) is 0 Å². The minimum absolute atomic E-state index is 0. The molecular weight excluding hydrogens is 363 g/mol. The first-order valence-corrected chi connectivity index (χ1v) is 0. The van der Waals surface area contributed by atoms with Crippen LogP contribution >= 0.6 is 0 Å². The molecule has 0 aliphatic heterocycles. The molecule has 0 atom stereocenters. The zero-order valence-corrected chi connectivity index (χ0v) is 7.86.